The van der Waals surface area contributed by atoms with Gasteiger partial charge in [-0.05, 0) is 39.5 Å². The second-order valence-electron chi connectivity index (χ2n) is 5.92. The van der Waals surface area contributed by atoms with Crippen molar-refractivity contribution >= 4 is 11.6 Å². The fourth-order valence-corrected chi connectivity index (χ4v) is 3.43. The molecule has 2 atom stereocenters. The van der Waals surface area contributed by atoms with Crippen molar-refractivity contribution in [1.29, 1.82) is 0 Å². The number of nitrogens with one attached hydrogen (secondary N) is 1. The van der Waals surface area contributed by atoms with E-state index >= 15 is 0 Å². The average Bonchev–Trinajstić information content (AvgIpc) is 2.80. The second kappa shape index (κ2) is 7.09. The first-order valence-electron chi connectivity index (χ1n) is 7.89. The first-order chi connectivity index (χ1) is 10.1. The van der Waals surface area contributed by atoms with Crippen LogP contribution in [0.2, 0.25) is 5.02 Å². The lowest BCUT2D eigenvalue weighted by Crippen LogP contribution is -2.55. The summed E-state index contributed by atoms with van der Waals surface area (Å²) in [7, 11) is 0. The third kappa shape index (κ3) is 3.42. The van der Waals surface area contributed by atoms with Gasteiger partial charge in [-0.3, -0.25) is 16.0 Å². The van der Waals surface area contributed by atoms with Gasteiger partial charge in [0, 0.05) is 19.6 Å². The number of hydrogen-bond acceptors (Lipinski definition) is 4. The Hall–Kier alpha value is -0.620. The summed E-state index contributed by atoms with van der Waals surface area (Å²) in [6, 6.07) is 0.0296. The highest BCUT2D eigenvalue weighted by molar-refractivity contribution is 6.31. The zero-order valence-electron chi connectivity index (χ0n) is 13.3. The molecular formula is C15H27ClN4O. The molecule has 3 N–H and O–H groups in total. The molecule has 0 amide bonds. The Morgan fingerprint density at radius 1 is 1.48 bits per heavy atom. The van der Waals surface area contributed by atoms with Gasteiger partial charge in [-0.15, -0.1) is 0 Å². The van der Waals surface area contributed by atoms with Crippen LogP contribution in [0.15, 0.2) is 0 Å². The number of ether oxygens (including phenoxy) is 1. The summed E-state index contributed by atoms with van der Waals surface area (Å²) in [5, 5.41) is 5.35. The van der Waals surface area contributed by atoms with Gasteiger partial charge in [0.15, 0.2) is 0 Å². The molecule has 2 heterocycles. The summed E-state index contributed by atoms with van der Waals surface area (Å²) >= 11 is 6.50. The predicted octanol–water partition coefficient (Wildman–Crippen LogP) is 2.45. The largest absolute Gasteiger partial charge is 0.374 e. The van der Waals surface area contributed by atoms with E-state index < -0.39 is 0 Å². The van der Waals surface area contributed by atoms with Crippen LogP contribution in [0, 0.1) is 0 Å². The summed E-state index contributed by atoms with van der Waals surface area (Å²) < 4.78 is 8.01. The van der Waals surface area contributed by atoms with Crippen molar-refractivity contribution in [3.8, 4) is 0 Å². The Kier molecular flexibility index (Phi) is 5.66. The summed E-state index contributed by atoms with van der Waals surface area (Å²) in [6.07, 6.45) is 4.89. The maximum absolute atomic E-state index is 6.50. The van der Waals surface area contributed by atoms with Crippen molar-refractivity contribution < 1.29 is 4.74 Å². The molecule has 2 rings (SSSR count). The highest BCUT2D eigenvalue weighted by Crippen LogP contribution is 2.31. The zero-order chi connectivity index (χ0) is 15.5. The van der Waals surface area contributed by atoms with Crippen LogP contribution in [0.4, 0.5) is 0 Å². The van der Waals surface area contributed by atoms with Gasteiger partial charge in [-0.2, -0.15) is 5.10 Å². The van der Waals surface area contributed by atoms with Gasteiger partial charge in [0.05, 0.1) is 28.1 Å². The number of nitrogens with zero attached hydrogens (tertiary/aromatic N) is 2. The summed E-state index contributed by atoms with van der Waals surface area (Å²) in [5.41, 5.74) is 4.71. The summed E-state index contributed by atoms with van der Waals surface area (Å²) in [5.74, 6) is 5.81. The summed E-state index contributed by atoms with van der Waals surface area (Å²) in [4.78, 5) is 0. The monoisotopic (exact) mass is 314 g/mol. The van der Waals surface area contributed by atoms with E-state index in [9.17, 15) is 0 Å². The predicted molar refractivity (Wildman–Crippen MR) is 85.3 cm³/mol. The number of rotatable bonds is 6. The Bertz CT molecular complexity index is 468. The molecule has 1 fully saturated rings. The molecule has 0 radical (unpaired) electrons. The minimum Gasteiger partial charge on any atom is -0.374 e. The van der Waals surface area contributed by atoms with Crippen LogP contribution in [0.5, 0.6) is 0 Å². The van der Waals surface area contributed by atoms with Crippen LogP contribution in [0.1, 0.15) is 51.4 Å². The van der Waals surface area contributed by atoms with Crippen molar-refractivity contribution in [2.24, 2.45) is 5.84 Å². The molecule has 1 saturated heterocycles. The lowest BCUT2D eigenvalue weighted by atomic mass is 9.86. The minimum absolute atomic E-state index is 0.0296. The van der Waals surface area contributed by atoms with Gasteiger partial charge in [0.1, 0.15) is 0 Å². The van der Waals surface area contributed by atoms with Crippen molar-refractivity contribution in [3.05, 3.63) is 16.4 Å². The molecule has 1 aromatic rings. The normalized spacial score (nSPS) is 24.2. The highest BCUT2D eigenvalue weighted by Gasteiger charge is 2.37. The second-order valence-corrected chi connectivity index (χ2v) is 6.30. The third-order valence-electron chi connectivity index (χ3n) is 4.53. The SMILES string of the molecule is CCc1nn(CC)c(CC(NN)C2(C)CCCCO2)c1Cl. The number of aryl methyl sites for hydroxylation is 2. The number of aromatic nitrogens is 2. The molecule has 0 saturated carbocycles. The molecule has 120 valence electrons. The van der Waals surface area contributed by atoms with Crippen LogP contribution >= 0.6 is 11.6 Å². The first kappa shape index (κ1) is 16.7. The molecule has 0 bridgehead atoms. The van der Waals surface area contributed by atoms with E-state index in [0.29, 0.717) is 0 Å². The molecule has 5 nitrogen and oxygen atoms in total. The van der Waals surface area contributed by atoms with Gasteiger partial charge in [0.25, 0.3) is 0 Å². The quantitative estimate of drug-likeness (QED) is 0.625. The number of halogens is 1. The highest BCUT2D eigenvalue weighted by atomic mass is 35.5. The number of nitrogens with two attached hydrogens (primary N) is 1. The van der Waals surface area contributed by atoms with Gasteiger partial charge in [0.2, 0.25) is 0 Å². The lowest BCUT2D eigenvalue weighted by Gasteiger charge is -2.40. The molecule has 21 heavy (non-hydrogen) atoms. The van der Waals surface area contributed by atoms with Crippen LogP contribution in [0.3, 0.4) is 0 Å². The van der Waals surface area contributed by atoms with E-state index in [4.69, 9.17) is 22.2 Å². The first-order valence-corrected chi connectivity index (χ1v) is 8.27. The van der Waals surface area contributed by atoms with Gasteiger partial charge in [-0.25, -0.2) is 0 Å². The van der Waals surface area contributed by atoms with Crippen molar-refractivity contribution in [2.45, 2.75) is 71.1 Å². The maximum Gasteiger partial charge on any atom is 0.0850 e. The molecule has 1 aliphatic rings. The van der Waals surface area contributed by atoms with Crippen LogP contribution in [-0.2, 0) is 24.1 Å². The van der Waals surface area contributed by atoms with Crippen molar-refractivity contribution in [2.75, 3.05) is 6.61 Å². The standard InChI is InChI=1S/C15H27ClN4O/c1-4-11-14(16)12(20(5-2)19-11)10-13(18-17)15(3)8-6-7-9-21-15/h13,18H,4-10,17H2,1-3H3. The van der Waals surface area contributed by atoms with Crippen molar-refractivity contribution in [3.63, 3.8) is 0 Å². The Balaban J connectivity index is 2.24. The maximum atomic E-state index is 6.50. The van der Waals surface area contributed by atoms with Gasteiger partial charge < -0.3 is 4.74 Å². The Morgan fingerprint density at radius 2 is 2.24 bits per heavy atom. The summed E-state index contributed by atoms with van der Waals surface area (Å²) in [6.45, 7) is 7.90. The van der Waals surface area contributed by atoms with E-state index in [1.807, 2.05) is 4.68 Å². The molecule has 0 spiro atoms. The Labute approximate surface area is 132 Å². The van der Waals surface area contributed by atoms with E-state index in [-0.39, 0.29) is 11.6 Å². The zero-order valence-corrected chi connectivity index (χ0v) is 14.0. The fourth-order valence-electron chi connectivity index (χ4n) is 3.09. The average molecular weight is 315 g/mol. The Morgan fingerprint density at radius 3 is 2.76 bits per heavy atom. The molecule has 1 aromatic heterocycles. The van der Waals surface area contributed by atoms with Crippen LogP contribution < -0.4 is 11.3 Å². The van der Waals surface area contributed by atoms with Crippen LogP contribution in [-0.4, -0.2) is 28.0 Å². The van der Waals surface area contributed by atoms with E-state index in [1.165, 1.54) is 6.42 Å². The van der Waals surface area contributed by atoms with E-state index in [1.54, 1.807) is 0 Å². The third-order valence-corrected chi connectivity index (χ3v) is 4.97. The minimum atomic E-state index is -0.244. The van der Waals surface area contributed by atoms with Crippen LogP contribution in [0.25, 0.3) is 0 Å². The fraction of sp³-hybridized carbons (Fsp3) is 0.800. The molecular weight excluding hydrogens is 288 g/mol. The lowest BCUT2D eigenvalue weighted by molar-refractivity contribution is -0.0887. The smallest absolute Gasteiger partial charge is 0.0850 e. The molecule has 6 heteroatoms. The molecule has 2 unspecified atom stereocenters. The van der Waals surface area contributed by atoms with Gasteiger partial charge >= 0.3 is 0 Å². The van der Waals surface area contributed by atoms with Crippen molar-refractivity contribution in [1.82, 2.24) is 15.2 Å². The van der Waals surface area contributed by atoms with E-state index in [0.717, 1.165) is 55.2 Å². The number of hydrogen-bond donors (Lipinski definition) is 2. The van der Waals surface area contributed by atoms with Gasteiger partial charge in [-0.1, -0.05) is 18.5 Å². The molecule has 1 aliphatic heterocycles. The van der Waals surface area contributed by atoms with E-state index in [2.05, 4.69) is 31.3 Å². The number of hydrazine groups is 1. The molecule has 0 aliphatic carbocycles. The molecule has 0 aromatic carbocycles. The topological polar surface area (TPSA) is 65.1 Å².